The highest BCUT2D eigenvalue weighted by Crippen LogP contribution is 2.38. The van der Waals surface area contributed by atoms with Crippen molar-refractivity contribution in [2.24, 2.45) is 0 Å². The minimum absolute atomic E-state index is 0.232. The number of rotatable bonds is 3. The van der Waals surface area contributed by atoms with E-state index < -0.39 is 11.7 Å². The third-order valence-electron chi connectivity index (χ3n) is 4.27. The van der Waals surface area contributed by atoms with Gasteiger partial charge in [0.1, 0.15) is 0 Å². The molecule has 0 unspecified atom stereocenters. The minimum Gasteiger partial charge on any atom is -0.392 e. The summed E-state index contributed by atoms with van der Waals surface area (Å²) < 4.78 is 39.6. The van der Waals surface area contributed by atoms with Gasteiger partial charge in [0.15, 0.2) is 0 Å². The van der Waals surface area contributed by atoms with Gasteiger partial charge in [-0.1, -0.05) is 6.07 Å². The van der Waals surface area contributed by atoms with Crippen LogP contribution in [0, 0.1) is 0 Å². The number of hydrogen-bond donors (Lipinski definition) is 1. The molecule has 116 valence electrons. The van der Waals surface area contributed by atoms with Gasteiger partial charge in [0.05, 0.1) is 12.2 Å². The number of anilines is 1. The summed E-state index contributed by atoms with van der Waals surface area (Å²) in [7, 11) is 0. The fraction of sp³-hybridized carbons (Fsp3) is 0.600. The highest BCUT2D eigenvalue weighted by molar-refractivity contribution is 5.56. The molecular formula is C15H19F3N2O. The van der Waals surface area contributed by atoms with E-state index >= 15 is 0 Å². The molecule has 6 heteroatoms. The quantitative estimate of drug-likeness (QED) is 0.929. The number of aliphatic hydroxyl groups is 1. The van der Waals surface area contributed by atoms with Gasteiger partial charge in [-0.3, -0.25) is 4.90 Å². The van der Waals surface area contributed by atoms with Crippen molar-refractivity contribution in [1.29, 1.82) is 0 Å². The van der Waals surface area contributed by atoms with Crippen LogP contribution in [0.5, 0.6) is 0 Å². The van der Waals surface area contributed by atoms with Crippen LogP contribution in [0.2, 0.25) is 0 Å². The van der Waals surface area contributed by atoms with Gasteiger partial charge in [-0.2, -0.15) is 13.2 Å². The molecule has 3 nitrogen and oxygen atoms in total. The van der Waals surface area contributed by atoms with Crippen LogP contribution in [0.3, 0.4) is 0 Å². The Morgan fingerprint density at radius 3 is 2.29 bits per heavy atom. The van der Waals surface area contributed by atoms with Gasteiger partial charge in [-0.15, -0.1) is 0 Å². The molecule has 21 heavy (non-hydrogen) atoms. The second kappa shape index (κ2) is 5.50. The first kappa shape index (κ1) is 14.7. The molecule has 1 saturated heterocycles. The Balaban J connectivity index is 1.81. The molecule has 1 saturated carbocycles. The molecule has 0 radical (unpaired) electrons. The van der Waals surface area contributed by atoms with Crippen molar-refractivity contribution in [2.45, 2.75) is 31.7 Å². The van der Waals surface area contributed by atoms with Crippen molar-refractivity contribution in [3.63, 3.8) is 0 Å². The Hall–Kier alpha value is -1.27. The Kier molecular flexibility index (Phi) is 3.84. The largest absolute Gasteiger partial charge is 0.418 e. The predicted octanol–water partition coefficient (Wildman–Crippen LogP) is 2.48. The smallest absolute Gasteiger partial charge is 0.392 e. The van der Waals surface area contributed by atoms with Crippen LogP contribution in [-0.4, -0.2) is 42.2 Å². The third-order valence-corrected chi connectivity index (χ3v) is 4.27. The van der Waals surface area contributed by atoms with E-state index in [2.05, 4.69) is 4.90 Å². The Bertz CT molecular complexity index is 506. The lowest BCUT2D eigenvalue weighted by molar-refractivity contribution is -0.137. The van der Waals surface area contributed by atoms with E-state index in [-0.39, 0.29) is 12.3 Å². The van der Waals surface area contributed by atoms with Gasteiger partial charge in [0.25, 0.3) is 0 Å². The van der Waals surface area contributed by atoms with Gasteiger partial charge < -0.3 is 10.0 Å². The maximum atomic E-state index is 13.2. The van der Waals surface area contributed by atoms with Gasteiger partial charge in [0.2, 0.25) is 0 Å². The summed E-state index contributed by atoms with van der Waals surface area (Å²) in [6.07, 6.45) is -1.95. The Morgan fingerprint density at radius 2 is 1.76 bits per heavy atom. The van der Waals surface area contributed by atoms with Crippen molar-refractivity contribution in [3.8, 4) is 0 Å². The number of aliphatic hydroxyl groups excluding tert-OH is 1. The van der Waals surface area contributed by atoms with Crippen molar-refractivity contribution in [1.82, 2.24) is 4.90 Å². The lowest BCUT2D eigenvalue weighted by Gasteiger charge is -2.37. The van der Waals surface area contributed by atoms with Crippen LogP contribution in [0.1, 0.15) is 24.0 Å². The number of benzene rings is 1. The van der Waals surface area contributed by atoms with E-state index in [1.54, 1.807) is 6.07 Å². The summed E-state index contributed by atoms with van der Waals surface area (Å²) in [4.78, 5) is 4.18. The van der Waals surface area contributed by atoms with Crippen molar-refractivity contribution in [2.75, 3.05) is 31.1 Å². The van der Waals surface area contributed by atoms with Crippen molar-refractivity contribution < 1.29 is 18.3 Å². The molecule has 0 aromatic heterocycles. The molecular weight excluding hydrogens is 281 g/mol. The second-order valence-electron chi connectivity index (χ2n) is 5.76. The topological polar surface area (TPSA) is 26.7 Å². The first-order valence-corrected chi connectivity index (χ1v) is 7.29. The summed E-state index contributed by atoms with van der Waals surface area (Å²) in [5.41, 5.74) is -0.119. The molecule has 1 aliphatic carbocycles. The summed E-state index contributed by atoms with van der Waals surface area (Å²) in [5.74, 6) is 0. The first-order valence-electron chi connectivity index (χ1n) is 7.29. The molecule has 0 atom stereocenters. The fourth-order valence-electron chi connectivity index (χ4n) is 2.95. The number of nitrogens with zero attached hydrogens (tertiary/aromatic N) is 2. The minimum atomic E-state index is -4.39. The average Bonchev–Trinajstić information content (AvgIpc) is 3.30. The zero-order valence-corrected chi connectivity index (χ0v) is 11.7. The summed E-state index contributed by atoms with van der Waals surface area (Å²) in [6.45, 7) is 2.52. The predicted molar refractivity (Wildman–Crippen MR) is 74.2 cm³/mol. The van der Waals surface area contributed by atoms with Crippen LogP contribution >= 0.6 is 0 Å². The molecule has 0 bridgehead atoms. The van der Waals surface area contributed by atoms with E-state index in [0.717, 1.165) is 19.2 Å². The summed E-state index contributed by atoms with van der Waals surface area (Å²) >= 11 is 0. The van der Waals surface area contributed by atoms with Gasteiger partial charge in [-0.05, 0) is 30.5 Å². The maximum absolute atomic E-state index is 13.2. The molecule has 1 N–H and O–H groups in total. The number of piperazine rings is 1. The van der Waals surface area contributed by atoms with E-state index in [9.17, 15) is 13.2 Å². The Labute approximate surface area is 122 Å². The van der Waals surface area contributed by atoms with Crippen LogP contribution in [0.4, 0.5) is 18.9 Å². The van der Waals surface area contributed by atoms with Crippen LogP contribution in [0.15, 0.2) is 18.2 Å². The molecule has 1 aromatic carbocycles. The third kappa shape index (κ3) is 3.16. The first-order chi connectivity index (χ1) is 9.99. The Morgan fingerprint density at radius 1 is 1.10 bits per heavy atom. The monoisotopic (exact) mass is 300 g/mol. The molecule has 1 aliphatic heterocycles. The maximum Gasteiger partial charge on any atom is 0.418 e. The highest BCUT2D eigenvalue weighted by atomic mass is 19.4. The summed E-state index contributed by atoms with van der Waals surface area (Å²) in [6, 6.07) is 4.77. The van der Waals surface area contributed by atoms with Crippen LogP contribution in [0.25, 0.3) is 0 Å². The zero-order chi connectivity index (χ0) is 15.0. The lowest BCUT2D eigenvalue weighted by atomic mass is 10.1. The lowest BCUT2D eigenvalue weighted by Crippen LogP contribution is -2.47. The molecule has 2 fully saturated rings. The highest BCUT2D eigenvalue weighted by Gasteiger charge is 2.37. The molecule has 1 aromatic rings. The molecule has 0 spiro atoms. The second-order valence-corrected chi connectivity index (χ2v) is 5.76. The fourth-order valence-corrected chi connectivity index (χ4v) is 2.95. The standard InChI is InChI=1S/C15H19F3N2O/c16-15(17,18)13-9-11(10-21)1-4-14(13)20-7-5-19(6-8-20)12-2-3-12/h1,4,9,12,21H,2-3,5-8,10H2. The number of halogens is 3. The molecule has 3 rings (SSSR count). The zero-order valence-electron chi connectivity index (χ0n) is 11.7. The number of hydrogen-bond acceptors (Lipinski definition) is 3. The normalized spacial score (nSPS) is 20.9. The van der Waals surface area contributed by atoms with E-state index in [1.807, 2.05) is 4.90 Å². The van der Waals surface area contributed by atoms with E-state index in [1.165, 1.54) is 18.9 Å². The molecule has 1 heterocycles. The van der Waals surface area contributed by atoms with Crippen LogP contribution < -0.4 is 4.90 Å². The summed E-state index contributed by atoms with van der Waals surface area (Å²) in [5, 5.41) is 9.04. The van der Waals surface area contributed by atoms with Gasteiger partial charge in [-0.25, -0.2) is 0 Å². The molecule has 2 aliphatic rings. The van der Waals surface area contributed by atoms with Crippen molar-refractivity contribution >= 4 is 5.69 Å². The average molecular weight is 300 g/mol. The van der Waals surface area contributed by atoms with Crippen LogP contribution in [-0.2, 0) is 12.8 Å². The van der Waals surface area contributed by atoms with Gasteiger partial charge in [0, 0.05) is 37.9 Å². The number of alkyl halides is 3. The van der Waals surface area contributed by atoms with E-state index in [0.29, 0.717) is 24.7 Å². The van der Waals surface area contributed by atoms with Crippen molar-refractivity contribution in [3.05, 3.63) is 29.3 Å². The van der Waals surface area contributed by atoms with E-state index in [4.69, 9.17) is 5.11 Å². The SMILES string of the molecule is OCc1ccc(N2CCN(C3CC3)CC2)c(C(F)(F)F)c1. The van der Waals surface area contributed by atoms with Gasteiger partial charge >= 0.3 is 6.18 Å². The molecule has 0 amide bonds.